The van der Waals surface area contributed by atoms with Crippen LogP contribution in [0, 0.1) is 10.7 Å². The molecule has 7 heteroatoms. The van der Waals surface area contributed by atoms with Crippen molar-refractivity contribution in [3.63, 3.8) is 0 Å². The summed E-state index contributed by atoms with van der Waals surface area (Å²) in [6.45, 7) is 6.47. The van der Waals surface area contributed by atoms with Gasteiger partial charge in [-0.3, -0.25) is 14.2 Å². The standard InChI is InChI=1S/C20H28N4O2S/c1-15(14-23-10-5-2-6-11-23)13-21-18(25)9-12-24-19(26)16-7-3-4-8-17(16)22-20(24)27/h3-4,7-8,15H,2,5-6,9-14H2,1H3,(H,21,25)(H,22,27). The molecule has 0 saturated carbocycles. The Morgan fingerprint density at radius 1 is 1.26 bits per heavy atom. The van der Waals surface area contributed by atoms with E-state index in [4.69, 9.17) is 12.2 Å². The number of amides is 1. The Labute approximate surface area is 164 Å². The molecule has 146 valence electrons. The molecule has 2 aromatic rings. The predicted octanol–water partition coefficient (Wildman–Crippen LogP) is 2.69. The van der Waals surface area contributed by atoms with E-state index in [9.17, 15) is 9.59 Å². The Morgan fingerprint density at radius 3 is 2.78 bits per heavy atom. The largest absolute Gasteiger partial charge is 0.356 e. The zero-order chi connectivity index (χ0) is 19.2. The minimum atomic E-state index is -0.152. The average Bonchev–Trinajstić information content (AvgIpc) is 2.67. The summed E-state index contributed by atoms with van der Waals surface area (Å²) in [5, 5.41) is 3.58. The van der Waals surface area contributed by atoms with Crippen LogP contribution in [0.2, 0.25) is 0 Å². The number of fused-ring (bicyclic) bond motifs is 1. The van der Waals surface area contributed by atoms with Crippen LogP contribution in [0.15, 0.2) is 29.1 Å². The van der Waals surface area contributed by atoms with Gasteiger partial charge in [0.05, 0.1) is 10.9 Å². The van der Waals surface area contributed by atoms with Crippen LogP contribution in [0.1, 0.15) is 32.6 Å². The molecule has 6 nitrogen and oxygen atoms in total. The van der Waals surface area contributed by atoms with Gasteiger partial charge in [-0.2, -0.15) is 0 Å². The first-order valence-electron chi connectivity index (χ1n) is 9.75. The molecule has 3 rings (SSSR count). The van der Waals surface area contributed by atoms with Crippen molar-refractivity contribution in [3.8, 4) is 0 Å². The number of carbonyl (C=O) groups is 1. The number of likely N-dealkylation sites (tertiary alicyclic amines) is 1. The molecule has 1 atom stereocenters. The van der Waals surface area contributed by atoms with E-state index < -0.39 is 0 Å². The molecule has 1 aliphatic heterocycles. The third-order valence-corrected chi connectivity index (χ3v) is 5.44. The first-order chi connectivity index (χ1) is 13.0. The first-order valence-corrected chi connectivity index (χ1v) is 10.2. The number of para-hydroxylation sites is 1. The lowest BCUT2D eigenvalue weighted by Gasteiger charge is -2.29. The van der Waals surface area contributed by atoms with Crippen molar-refractivity contribution >= 4 is 29.0 Å². The summed E-state index contributed by atoms with van der Waals surface area (Å²) in [5.41, 5.74) is 0.570. The summed E-state index contributed by atoms with van der Waals surface area (Å²) in [7, 11) is 0. The Kier molecular flexibility index (Phi) is 6.79. The second kappa shape index (κ2) is 9.28. The normalized spacial score (nSPS) is 16.3. The minimum absolute atomic E-state index is 0.0463. The lowest BCUT2D eigenvalue weighted by atomic mass is 10.1. The van der Waals surface area contributed by atoms with Crippen LogP contribution in [0.25, 0.3) is 10.9 Å². The first kappa shape index (κ1) is 19.8. The van der Waals surface area contributed by atoms with Gasteiger partial charge in [-0.05, 0) is 56.2 Å². The van der Waals surface area contributed by atoms with E-state index in [1.54, 1.807) is 6.07 Å². The monoisotopic (exact) mass is 388 g/mol. The molecule has 1 unspecified atom stereocenters. The number of H-pyrrole nitrogens is 1. The predicted molar refractivity (Wildman–Crippen MR) is 110 cm³/mol. The Morgan fingerprint density at radius 2 is 2.00 bits per heavy atom. The van der Waals surface area contributed by atoms with Gasteiger partial charge in [0.2, 0.25) is 5.91 Å². The van der Waals surface area contributed by atoms with Gasteiger partial charge in [-0.15, -0.1) is 0 Å². The Bertz CT molecular complexity index is 899. The highest BCUT2D eigenvalue weighted by Gasteiger charge is 2.14. The van der Waals surface area contributed by atoms with E-state index in [-0.39, 0.29) is 24.4 Å². The number of benzene rings is 1. The smallest absolute Gasteiger partial charge is 0.262 e. The fourth-order valence-electron chi connectivity index (χ4n) is 3.64. The molecule has 1 saturated heterocycles. The summed E-state index contributed by atoms with van der Waals surface area (Å²) in [6, 6.07) is 7.27. The maximum absolute atomic E-state index is 12.6. The highest BCUT2D eigenvalue weighted by atomic mass is 32.1. The fourth-order valence-corrected chi connectivity index (χ4v) is 3.92. The van der Waals surface area contributed by atoms with Crippen LogP contribution < -0.4 is 10.9 Å². The van der Waals surface area contributed by atoms with Gasteiger partial charge < -0.3 is 15.2 Å². The van der Waals surface area contributed by atoms with Crippen molar-refractivity contribution in [1.82, 2.24) is 19.8 Å². The van der Waals surface area contributed by atoms with Gasteiger partial charge in [0.15, 0.2) is 4.77 Å². The van der Waals surface area contributed by atoms with Crippen LogP contribution in [-0.2, 0) is 11.3 Å². The average molecular weight is 389 g/mol. The van der Waals surface area contributed by atoms with Crippen molar-refractivity contribution < 1.29 is 4.79 Å². The zero-order valence-corrected chi connectivity index (χ0v) is 16.7. The third-order valence-electron chi connectivity index (χ3n) is 5.12. The molecule has 0 spiro atoms. The van der Waals surface area contributed by atoms with E-state index in [1.807, 2.05) is 18.2 Å². The van der Waals surface area contributed by atoms with Crippen molar-refractivity contribution in [2.75, 3.05) is 26.2 Å². The van der Waals surface area contributed by atoms with Crippen molar-refractivity contribution in [2.24, 2.45) is 5.92 Å². The maximum Gasteiger partial charge on any atom is 0.262 e. The number of hydrogen-bond donors (Lipinski definition) is 2. The summed E-state index contributed by atoms with van der Waals surface area (Å²) in [5.74, 6) is 0.369. The second-order valence-electron chi connectivity index (χ2n) is 7.45. The van der Waals surface area contributed by atoms with Gasteiger partial charge in [0.1, 0.15) is 0 Å². The van der Waals surface area contributed by atoms with Crippen LogP contribution >= 0.6 is 12.2 Å². The molecule has 1 amide bonds. The molecule has 2 N–H and O–H groups in total. The molecular weight excluding hydrogens is 360 g/mol. The molecule has 1 aromatic heterocycles. The summed E-state index contributed by atoms with van der Waals surface area (Å²) >= 11 is 5.29. The zero-order valence-electron chi connectivity index (χ0n) is 15.9. The van der Waals surface area contributed by atoms with Crippen molar-refractivity contribution in [3.05, 3.63) is 39.4 Å². The number of carbonyl (C=O) groups excluding carboxylic acids is 1. The molecule has 1 aliphatic rings. The number of rotatable bonds is 7. The Balaban J connectivity index is 1.51. The molecule has 2 heterocycles. The van der Waals surface area contributed by atoms with E-state index in [0.29, 0.717) is 22.6 Å². The maximum atomic E-state index is 12.6. The summed E-state index contributed by atoms with van der Waals surface area (Å²) < 4.78 is 1.82. The molecule has 0 bridgehead atoms. The highest BCUT2D eigenvalue weighted by Crippen LogP contribution is 2.10. The number of nitrogens with zero attached hydrogens (tertiary/aromatic N) is 2. The van der Waals surface area contributed by atoms with Crippen LogP contribution in [0.4, 0.5) is 0 Å². The summed E-state index contributed by atoms with van der Waals surface area (Å²) in [4.78, 5) is 30.3. The quantitative estimate of drug-likeness (QED) is 0.716. The SMILES string of the molecule is CC(CNC(=O)CCn1c(=S)[nH]c2ccccc2c1=O)CN1CCCCC1. The van der Waals surface area contributed by atoms with Gasteiger partial charge in [0.25, 0.3) is 5.56 Å². The van der Waals surface area contributed by atoms with Gasteiger partial charge in [0, 0.05) is 26.1 Å². The molecule has 27 heavy (non-hydrogen) atoms. The van der Waals surface area contributed by atoms with Crippen LogP contribution in [0.5, 0.6) is 0 Å². The number of aromatic nitrogens is 2. The molecule has 1 aromatic carbocycles. The molecule has 1 fully saturated rings. The summed E-state index contributed by atoms with van der Waals surface area (Å²) in [6.07, 6.45) is 4.13. The van der Waals surface area contributed by atoms with Crippen LogP contribution in [0.3, 0.4) is 0 Å². The topological polar surface area (TPSA) is 70.1 Å². The van der Waals surface area contributed by atoms with E-state index in [2.05, 4.69) is 22.1 Å². The van der Waals surface area contributed by atoms with E-state index >= 15 is 0 Å². The number of aromatic amines is 1. The molecular formula is C20H28N4O2S. The third kappa shape index (κ3) is 5.26. The fraction of sp³-hybridized carbons (Fsp3) is 0.550. The lowest BCUT2D eigenvalue weighted by molar-refractivity contribution is -0.121. The van der Waals surface area contributed by atoms with Gasteiger partial charge >= 0.3 is 0 Å². The molecule has 0 aliphatic carbocycles. The van der Waals surface area contributed by atoms with Gasteiger partial charge in [-0.25, -0.2) is 0 Å². The number of piperidine rings is 1. The Hall–Kier alpha value is -1.99. The van der Waals surface area contributed by atoms with Crippen molar-refractivity contribution in [2.45, 2.75) is 39.2 Å². The van der Waals surface area contributed by atoms with Gasteiger partial charge in [-0.1, -0.05) is 25.5 Å². The van der Waals surface area contributed by atoms with E-state index in [1.165, 1.54) is 36.9 Å². The second-order valence-corrected chi connectivity index (χ2v) is 7.84. The lowest BCUT2D eigenvalue weighted by Crippen LogP contribution is -2.38. The highest BCUT2D eigenvalue weighted by molar-refractivity contribution is 7.71. The minimum Gasteiger partial charge on any atom is -0.356 e. The van der Waals surface area contributed by atoms with E-state index in [0.717, 1.165) is 12.1 Å². The number of nitrogens with one attached hydrogen (secondary N) is 2. The van der Waals surface area contributed by atoms with Crippen LogP contribution in [-0.4, -0.2) is 46.5 Å². The molecule has 0 radical (unpaired) electrons. The van der Waals surface area contributed by atoms with Crippen molar-refractivity contribution in [1.29, 1.82) is 0 Å². The number of hydrogen-bond acceptors (Lipinski definition) is 4.